The van der Waals surface area contributed by atoms with Crippen LogP contribution < -0.4 is 15.8 Å². The fourth-order valence-electron chi connectivity index (χ4n) is 2.14. The van der Waals surface area contributed by atoms with Crippen molar-refractivity contribution in [1.29, 1.82) is 0 Å². The van der Waals surface area contributed by atoms with Gasteiger partial charge < -0.3 is 15.2 Å². The summed E-state index contributed by atoms with van der Waals surface area (Å²) in [7, 11) is 1.99. The summed E-state index contributed by atoms with van der Waals surface area (Å²) < 4.78 is 0.656. The van der Waals surface area contributed by atoms with Crippen LogP contribution in [0, 0.1) is 3.57 Å². The molecule has 6 heteroatoms. The number of aromatic amines is 1. The second kappa shape index (κ2) is 5.81. The number of nitrogens with one attached hydrogen (secondary N) is 2. The van der Waals surface area contributed by atoms with E-state index in [0.717, 1.165) is 18.9 Å². The summed E-state index contributed by atoms with van der Waals surface area (Å²) in [5.41, 5.74) is -0.0703. The summed E-state index contributed by atoms with van der Waals surface area (Å²) in [4.78, 5) is 20.4. The lowest BCUT2D eigenvalue weighted by molar-refractivity contribution is 0.402. The van der Waals surface area contributed by atoms with Gasteiger partial charge in [-0.05, 0) is 42.0 Å². The standard InChI is InChI=1S/C11H17IN4O/c1-16(6-8-4-2-3-5-13-8)10-9(12)11(17)15-7-14-10/h7-8,13H,2-6H2,1H3,(H,14,15,17). The minimum absolute atomic E-state index is 0.0703. The molecule has 2 N–H and O–H groups in total. The number of halogens is 1. The normalized spacial score (nSPS) is 20.2. The van der Waals surface area contributed by atoms with Gasteiger partial charge in [-0.1, -0.05) is 6.42 Å². The highest BCUT2D eigenvalue weighted by molar-refractivity contribution is 14.1. The van der Waals surface area contributed by atoms with E-state index in [1.165, 1.54) is 25.6 Å². The fourth-order valence-corrected chi connectivity index (χ4v) is 2.84. The lowest BCUT2D eigenvalue weighted by Crippen LogP contribution is -2.43. The minimum Gasteiger partial charge on any atom is -0.357 e. The van der Waals surface area contributed by atoms with Crippen LogP contribution in [0.1, 0.15) is 19.3 Å². The molecular weight excluding hydrogens is 331 g/mol. The summed E-state index contributed by atoms with van der Waals surface area (Å²) in [5, 5.41) is 3.50. The predicted octanol–water partition coefficient (Wildman–Crippen LogP) is 0.953. The highest BCUT2D eigenvalue weighted by atomic mass is 127. The Hall–Kier alpha value is -0.630. The number of likely N-dealkylation sites (N-methyl/N-ethyl adjacent to an activating group) is 1. The maximum Gasteiger partial charge on any atom is 0.266 e. The number of piperidine rings is 1. The van der Waals surface area contributed by atoms with Crippen molar-refractivity contribution in [3.05, 3.63) is 20.3 Å². The monoisotopic (exact) mass is 348 g/mol. The second-order valence-corrected chi connectivity index (χ2v) is 5.48. The van der Waals surface area contributed by atoms with Crippen molar-refractivity contribution in [3.63, 3.8) is 0 Å². The first-order valence-corrected chi connectivity index (χ1v) is 6.94. The molecule has 0 aromatic carbocycles. The van der Waals surface area contributed by atoms with Crippen LogP contribution in [0.2, 0.25) is 0 Å². The molecule has 0 amide bonds. The highest BCUT2D eigenvalue weighted by Gasteiger charge is 2.17. The van der Waals surface area contributed by atoms with Gasteiger partial charge in [0, 0.05) is 19.6 Å². The molecule has 94 valence electrons. The first-order valence-electron chi connectivity index (χ1n) is 5.86. The quantitative estimate of drug-likeness (QED) is 0.799. The molecule has 1 atom stereocenters. The van der Waals surface area contributed by atoms with E-state index in [-0.39, 0.29) is 5.56 Å². The molecule has 2 rings (SSSR count). The maximum atomic E-state index is 11.5. The minimum atomic E-state index is -0.0703. The number of anilines is 1. The third kappa shape index (κ3) is 3.19. The Bertz CT molecular complexity index is 428. The van der Waals surface area contributed by atoms with Gasteiger partial charge in [0.2, 0.25) is 0 Å². The molecule has 1 aromatic heterocycles. The van der Waals surface area contributed by atoms with E-state index in [1.807, 2.05) is 29.6 Å². The number of aromatic nitrogens is 2. The van der Waals surface area contributed by atoms with E-state index in [4.69, 9.17) is 0 Å². The third-order valence-electron chi connectivity index (χ3n) is 3.05. The molecule has 1 saturated heterocycles. The maximum absolute atomic E-state index is 11.5. The van der Waals surface area contributed by atoms with Crippen molar-refractivity contribution in [2.75, 3.05) is 25.0 Å². The first-order chi connectivity index (χ1) is 8.18. The largest absolute Gasteiger partial charge is 0.357 e. The van der Waals surface area contributed by atoms with E-state index < -0.39 is 0 Å². The number of nitrogens with zero attached hydrogens (tertiary/aromatic N) is 2. The van der Waals surface area contributed by atoms with Gasteiger partial charge in [0.25, 0.3) is 5.56 Å². The van der Waals surface area contributed by atoms with Gasteiger partial charge in [0.05, 0.1) is 6.33 Å². The van der Waals surface area contributed by atoms with Crippen molar-refractivity contribution >= 4 is 28.4 Å². The van der Waals surface area contributed by atoms with Crippen molar-refractivity contribution in [3.8, 4) is 0 Å². The van der Waals surface area contributed by atoms with Crippen LogP contribution in [0.5, 0.6) is 0 Å². The zero-order valence-electron chi connectivity index (χ0n) is 9.87. The number of hydrogen-bond donors (Lipinski definition) is 2. The van der Waals surface area contributed by atoms with Gasteiger partial charge in [-0.15, -0.1) is 0 Å². The Morgan fingerprint density at radius 1 is 1.59 bits per heavy atom. The van der Waals surface area contributed by atoms with E-state index in [1.54, 1.807) is 0 Å². The van der Waals surface area contributed by atoms with Crippen LogP contribution in [-0.4, -0.2) is 36.1 Å². The molecule has 0 radical (unpaired) electrons. The SMILES string of the molecule is CN(CC1CCCCN1)c1nc[nH]c(=O)c1I. The van der Waals surface area contributed by atoms with Gasteiger partial charge in [-0.3, -0.25) is 4.79 Å². The molecule has 1 aliphatic heterocycles. The molecule has 5 nitrogen and oxygen atoms in total. The predicted molar refractivity (Wildman–Crippen MR) is 76.5 cm³/mol. The summed E-state index contributed by atoms with van der Waals surface area (Å²) in [6.45, 7) is 1.99. The van der Waals surface area contributed by atoms with Crippen LogP contribution in [0.4, 0.5) is 5.82 Å². The Morgan fingerprint density at radius 3 is 3.12 bits per heavy atom. The van der Waals surface area contributed by atoms with Crippen LogP contribution in [0.15, 0.2) is 11.1 Å². The van der Waals surface area contributed by atoms with Crippen LogP contribution >= 0.6 is 22.6 Å². The zero-order chi connectivity index (χ0) is 12.3. The molecule has 0 aliphatic carbocycles. The molecule has 0 spiro atoms. The van der Waals surface area contributed by atoms with Crippen molar-refractivity contribution in [2.24, 2.45) is 0 Å². The molecule has 1 fully saturated rings. The molecule has 0 bridgehead atoms. The zero-order valence-corrected chi connectivity index (χ0v) is 12.0. The molecule has 1 unspecified atom stereocenters. The lowest BCUT2D eigenvalue weighted by Gasteiger charge is -2.29. The Balaban J connectivity index is 2.06. The average molecular weight is 348 g/mol. The second-order valence-electron chi connectivity index (χ2n) is 4.40. The van der Waals surface area contributed by atoms with Crippen LogP contribution in [-0.2, 0) is 0 Å². The Morgan fingerprint density at radius 2 is 2.41 bits per heavy atom. The number of rotatable bonds is 3. The van der Waals surface area contributed by atoms with E-state index in [2.05, 4.69) is 20.2 Å². The average Bonchev–Trinajstić information content (AvgIpc) is 2.34. The van der Waals surface area contributed by atoms with Crippen molar-refractivity contribution in [2.45, 2.75) is 25.3 Å². The van der Waals surface area contributed by atoms with Crippen LogP contribution in [0.3, 0.4) is 0 Å². The molecule has 1 aliphatic rings. The molecule has 2 heterocycles. The van der Waals surface area contributed by atoms with Crippen LogP contribution in [0.25, 0.3) is 0 Å². The first kappa shape index (κ1) is 12.8. The smallest absolute Gasteiger partial charge is 0.266 e. The summed E-state index contributed by atoms with van der Waals surface area (Å²) in [6, 6.07) is 0.505. The molecule has 17 heavy (non-hydrogen) atoms. The summed E-state index contributed by atoms with van der Waals surface area (Å²) >= 11 is 2.05. The highest BCUT2D eigenvalue weighted by Crippen LogP contribution is 2.16. The summed E-state index contributed by atoms with van der Waals surface area (Å²) in [6.07, 6.45) is 5.21. The summed E-state index contributed by atoms with van der Waals surface area (Å²) in [5.74, 6) is 0.765. The topological polar surface area (TPSA) is 61.0 Å². The van der Waals surface area contributed by atoms with E-state index in [9.17, 15) is 4.79 Å². The van der Waals surface area contributed by atoms with Crippen molar-refractivity contribution < 1.29 is 0 Å². The molecule has 0 saturated carbocycles. The van der Waals surface area contributed by atoms with Gasteiger partial charge >= 0.3 is 0 Å². The lowest BCUT2D eigenvalue weighted by atomic mass is 10.0. The van der Waals surface area contributed by atoms with Crippen molar-refractivity contribution in [1.82, 2.24) is 15.3 Å². The Kier molecular flexibility index (Phi) is 4.38. The third-order valence-corrected chi connectivity index (χ3v) is 4.02. The molecule has 1 aromatic rings. The van der Waals surface area contributed by atoms with E-state index >= 15 is 0 Å². The molecular formula is C11H17IN4O. The van der Waals surface area contributed by atoms with Gasteiger partial charge in [-0.2, -0.15) is 0 Å². The van der Waals surface area contributed by atoms with Gasteiger partial charge in [-0.25, -0.2) is 4.98 Å². The van der Waals surface area contributed by atoms with Gasteiger partial charge in [0.1, 0.15) is 9.39 Å². The number of hydrogen-bond acceptors (Lipinski definition) is 4. The Labute approximate surface area is 114 Å². The number of H-pyrrole nitrogens is 1. The van der Waals surface area contributed by atoms with E-state index in [0.29, 0.717) is 9.61 Å². The fraction of sp³-hybridized carbons (Fsp3) is 0.636. The van der Waals surface area contributed by atoms with Gasteiger partial charge in [0.15, 0.2) is 0 Å².